The normalized spacial score (nSPS) is 13.9. The van der Waals surface area contributed by atoms with E-state index in [1.165, 1.54) is 38.5 Å². The topological polar surface area (TPSA) is 118 Å². The summed E-state index contributed by atoms with van der Waals surface area (Å²) in [5, 5.41) is 16.3. The molecular weight excluding hydrogens is 601 g/mol. The predicted molar refractivity (Wildman–Crippen MR) is 164 cm³/mol. The Morgan fingerprint density at radius 1 is 0.978 bits per heavy atom. The van der Waals surface area contributed by atoms with Gasteiger partial charge < -0.3 is 19.7 Å². The van der Waals surface area contributed by atoms with Crippen LogP contribution < -0.4 is 10.1 Å². The minimum Gasteiger partial charge on any atom is -0.497 e. The highest BCUT2D eigenvalue weighted by molar-refractivity contribution is 5.92. The van der Waals surface area contributed by atoms with Crippen LogP contribution in [0.25, 0.3) is 11.5 Å². The zero-order valence-electron chi connectivity index (χ0n) is 25.3. The molecule has 3 aromatic carbocycles. The van der Waals surface area contributed by atoms with Crippen molar-refractivity contribution in [3.8, 4) is 17.2 Å². The van der Waals surface area contributed by atoms with Crippen LogP contribution in [0.15, 0.2) is 71.3 Å². The zero-order valence-corrected chi connectivity index (χ0v) is 25.3. The number of hydrogen-bond acceptors (Lipinski definition) is 7. The molecule has 4 aromatic rings. The van der Waals surface area contributed by atoms with Crippen LogP contribution in [0.2, 0.25) is 0 Å². The number of nitrogens with one attached hydrogen (secondary N) is 1. The summed E-state index contributed by atoms with van der Waals surface area (Å²) in [5.41, 5.74) is 1.81. The van der Waals surface area contributed by atoms with Crippen LogP contribution in [0.5, 0.6) is 5.75 Å². The molecule has 0 atom stereocenters. The van der Waals surface area contributed by atoms with Crippen molar-refractivity contribution in [2.75, 3.05) is 19.0 Å². The summed E-state index contributed by atoms with van der Waals surface area (Å²) in [7, 11) is 1.27. The highest BCUT2D eigenvalue weighted by Crippen LogP contribution is 2.35. The molecule has 0 bridgehead atoms. The van der Waals surface area contributed by atoms with Crippen molar-refractivity contribution < 1.29 is 37.1 Å². The fourth-order valence-corrected chi connectivity index (χ4v) is 5.68. The van der Waals surface area contributed by atoms with Gasteiger partial charge in [-0.05, 0) is 65.9 Å². The third-order valence-corrected chi connectivity index (χ3v) is 8.00. The lowest BCUT2D eigenvalue weighted by Crippen LogP contribution is -2.29. The van der Waals surface area contributed by atoms with E-state index in [9.17, 15) is 27.9 Å². The van der Waals surface area contributed by atoms with Gasteiger partial charge in [0, 0.05) is 30.3 Å². The van der Waals surface area contributed by atoms with Gasteiger partial charge in [-0.1, -0.05) is 54.8 Å². The maximum atomic E-state index is 13.5. The number of carboxylic acid groups (broad SMARTS) is 1. The number of ether oxygens (including phenoxy) is 1. The van der Waals surface area contributed by atoms with Crippen LogP contribution in [0.3, 0.4) is 0 Å². The quantitative estimate of drug-likeness (QED) is 0.169. The molecule has 0 saturated heterocycles. The Balaban J connectivity index is 1.19. The molecule has 1 aliphatic carbocycles. The number of carbonyl (C=O) groups is 2. The molecule has 0 radical (unpaired) electrons. The predicted octanol–water partition coefficient (Wildman–Crippen LogP) is 7.08. The fraction of sp³-hybridized carbons (Fsp3) is 0.353. The summed E-state index contributed by atoms with van der Waals surface area (Å²) < 4.78 is 51.0. The summed E-state index contributed by atoms with van der Waals surface area (Å²) in [6.45, 7) is 0.487. The average molecular weight is 637 g/mol. The van der Waals surface area contributed by atoms with E-state index in [1.807, 2.05) is 24.3 Å². The lowest BCUT2D eigenvalue weighted by Gasteiger charge is -2.21. The number of carbonyl (C=O) groups excluding carboxylic acids is 1. The van der Waals surface area contributed by atoms with Gasteiger partial charge in [-0.25, -0.2) is 0 Å². The minimum atomic E-state index is -4.64. The van der Waals surface area contributed by atoms with Crippen molar-refractivity contribution in [1.82, 2.24) is 15.0 Å². The number of anilines is 1. The maximum absolute atomic E-state index is 13.5. The van der Waals surface area contributed by atoms with Gasteiger partial charge in [0.1, 0.15) is 5.75 Å². The average Bonchev–Trinajstić information content (AvgIpc) is 3.53. The van der Waals surface area contributed by atoms with E-state index in [0.717, 1.165) is 41.4 Å². The second-order valence-electron chi connectivity index (χ2n) is 11.5. The smallest absolute Gasteiger partial charge is 0.416 e. The first-order chi connectivity index (χ1) is 22.1. The van der Waals surface area contributed by atoms with Crippen molar-refractivity contribution in [1.29, 1.82) is 0 Å². The molecule has 1 aromatic heterocycles. The van der Waals surface area contributed by atoms with E-state index >= 15 is 0 Å². The van der Waals surface area contributed by atoms with Gasteiger partial charge in [0.15, 0.2) is 5.82 Å². The molecule has 5 rings (SSSR count). The Morgan fingerprint density at radius 3 is 2.24 bits per heavy atom. The molecule has 46 heavy (non-hydrogen) atoms. The van der Waals surface area contributed by atoms with E-state index in [-0.39, 0.29) is 17.9 Å². The Labute approximate surface area is 264 Å². The molecule has 242 valence electrons. The van der Waals surface area contributed by atoms with Gasteiger partial charge in [-0.3, -0.25) is 14.5 Å². The van der Waals surface area contributed by atoms with Crippen molar-refractivity contribution in [2.24, 2.45) is 0 Å². The number of rotatable bonds is 12. The van der Waals surface area contributed by atoms with Crippen molar-refractivity contribution in [3.63, 3.8) is 0 Å². The monoisotopic (exact) mass is 636 g/mol. The number of aliphatic carboxylic acids is 1. The Hall–Kier alpha value is -4.71. The van der Waals surface area contributed by atoms with Gasteiger partial charge >= 0.3 is 12.1 Å². The molecule has 1 fully saturated rings. The molecule has 12 heteroatoms. The first-order valence-corrected chi connectivity index (χ1v) is 15.1. The van der Waals surface area contributed by atoms with Gasteiger partial charge in [0.05, 0.1) is 25.6 Å². The van der Waals surface area contributed by atoms with Crippen LogP contribution in [-0.2, 0) is 35.3 Å². The molecule has 1 saturated carbocycles. The number of hydrogen-bond donors (Lipinski definition) is 2. The van der Waals surface area contributed by atoms with Crippen LogP contribution in [0.1, 0.15) is 66.1 Å². The second-order valence-corrected chi connectivity index (χ2v) is 11.5. The number of carboxylic acids is 1. The van der Waals surface area contributed by atoms with Crippen LogP contribution >= 0.6 is 0 Å². The van der Waals surface area contributed by atoms with Crippen molar-refractivity contribution in [3.05, 3.63) is 94.8 Å². The fourth-order valence-electron chi connectivity index (χ4n) is 5.68. The summed E-state index contributed by atoms with van der Waals surface area (Å²) in [6, 6.07) is 17.8. The maximum Gasteiger partial charge on any atom is 0.416 e. The van der Waals surface area contributed by atoms with Crippen molar-refractivity contribution in [2.45, 2.75) is 63.7 Å². The molecular formula is C34H35F3N4O5. The molecule has 1 aliphatic rings. The van der Waals surface area contributed by atoms with Crippen LogP contribution in [0.4, 0.5) is 18.9 Å². The van der Waals surface area contributed by atoms with Gasteiger partial charge in [0.2, 0.25) is 5.91 Å². The van der Waals surface area contributed by atoms with Gasteiger partial charge in [-0.15, -0.1) is 0 Å². The third kappa shape index (κ3) is 8.72. The number of aromatic nitrogens is 2. The van der Waals surface area contributed by atoms with Crippen LogP contribution in [0, 0.1) is 0 Å². The highest BCUT2D eigenvalue weighted by atomic mass is 19.4. The lowest BCUT2D eigenvalue weighted by atomic mass is 9.89. The number of amides is 1. The van der Waals surface area contributed by atoms with E-state index < -0.39 is 30.0 Å². The molecule has 2 N–H and O–H groups in total. The Kier molecular flexibility index (Phi) is 10.4. The zero-order chi connectivity index (χ0) is 32.7. The number of benzene rings is 3. The molecule has 9 nitrogen and oxygen atoms in total. The molecule has 0 unspecified atom stereocenters. The summed E-state index contributed by atoms with van der Waals surface area (Å²) >= 11 is 0. The number of halogens is 3. The van der Waals surface area contributed by atoms with E-state index in [0.29, 0.717) is 30.6 Å². The number of alkyl halides is 3. The number of methoxy groups -OCH3 is 1. The van der Waals surface area contributed by atoms with E-state index in [4.69, 9.17) is 9.26 Å². The van der Waals surface area contributed by atoms with Gasteiger partial charge in [-0.2, -0.15) is 18.2 Å². The lowest BCUT2D eigenvalue weighted by molar-refractivity contribution is -0.139. The first-order valence-electron chi connectivity index (χ1n) is 15.1. The molecule has 0 aliphatic heterocycles. The minimum absolute atomic E-state index is 0.0490. The van der Waals surface area contributed by atoms with Crippen molar-refractivity contribution >= 4 is 17.6 Å². The molecule has 1 heterocycles. The molecule has 1 amide bonds. The SMILES string of the molecule is COc1ccc(CC(=O)Nc2ccc(CN(CC(=O)O)Cc3ccc(-c4nc(C5CCCCC5)no4)cc3)cc2)c(C(F)(F)F)c1. The standard InChI is InChI=1S/C34H35F3N4O5/c1-45-28-16-13-26(29(18-28)34(35,36)37)17-30(42)38-27-14-9-23(10-15-27)20-41(21-31(43)44)19-22-7-11-25(12-8-22)33-39-32(40-46-33)24-5-3-2-4-6-24/h7-16,18,24H,2-6,17,19-21H2,1H3,(H,38,42)(H,43,44). The summed E-state index contributed by atoms with van der Waals surface area (Å²) in [4.78, 5) is 30.6. The van der Waals surface area contributed by atoms with Crippen LogP contribution in [-0.4, -0.2) is 45.7 Å². The summed E-state index contributed by atoms with van der Waals surface area (Å²) in [5.74, 6) is 0.0268. The van der Waals surface area contributed by atoms with E-state index in [1.54, 1.807) is 29.2 Å². The third-order valence-electron chi connectivity index (χ3n) is 8.00. The second kappa shape index (κ2) is 14.6. The Bertz CT molecular complexity index is 1630. The van der Waals surface area contributed by atoms with E-state index in [2.05, 4.69) is 15.5 Å². The van der Waals surface area contributed by atoms with Gasteiger partial charge in [0.25, 0.3) is 5.89 Å². The number of nitrogens with zero attached hydrogens (tertiary/aromatic N) is 3. The largest absolute Gasteiger partial charge is 0.497 e. The molecule has 0 spiro atoms. The summed E-state index contributed by atoms with van der Waals surface area (Å²) in [6.07, 6.45) is 0.641. The first kappa shape index (κ1) is 32.7. The highest BCUT2D eigenvalue weighted by Gasteiger charge is 2.34. The Morgan fingerprint density at radius 2 is 1.63 bits per heavy atom.